The van der Waals surface area contributed by atoms with E-state index in [0.717, 1.165) is 12.0 Å². The van der Waals surface area contributed by atoms with Crippen molar-refractivity contribution < 1.29 is 19.4 Å². The van der Waals surface area contributed by atoms with Gasteiger partial charge in [-0.1, -0.05) is 30.7 Å². The molecule has 1 aromatic carbocycles. The number of carbonyl (C=O) groups is 2. The number of carboxylic acid groups (broad SMARTS) is 1. The minimum Gasteiger partial charge on any atom is -0.480 e. The largest absolute Gasteiger partial charge is 0.480 e. The standard InChI is InChI=1S/C14H18ClNO4/c1-2-7-20-10-13(17)16(9-14(18)19)8-11-3-5-12(15)6-4-11/h3-6H,2,7-10H2,1H3,(H,18,19). The van der Waals surface area contributed by atoms with E-state index < -0.39 is 5.97 Å². The van der Waals surface area contributed by atoms with Gasteiger partial charge < -0.3 is 14.7 Å². The molecule has 5 nitrogen and oxygen atoms in total. The van der Waals surface area contributed by atoms with E-state index in [1.165, 1.54) is 4.90 Å². The van der Waals surface area contributed by atoms with Gasteiger partial charge in [-0.25, -0.2) is 0 Å². The highest BCUT2D eigenvalue weighted by atomic mass is 35.5. The Bertz CT molecular complexity index is 447. The van der Waals surface area contributed by atoms with E-state index in [1.54, 1.807) is 24.3 Å². The van der Waals surface area contributed by atoms with Crippen LogP contribution in [0.5, 0.6) is 0 Å². The topological polar surface area (TPSA) is 66.8 Å². The van der Waals surface area contributed by atoms with Gasteiger partial charge in [-0.2, -0.15) is 0 Å². The second-order valence-corrected chi connectivity index (χ2v) is 4.76. The molecule has 0 aliphatic carbocycles. The third-order valence-corrected chi connectivity index (χ3v) is 2.79. The van der Waals surface area contributed by atoms with Gasteiger partial charge in [0.15, 0.2) is 0 Å². The van der Waals surface area contributed by atoms with E-state index in [9.17, 15) is 9.59 Å². The third kappa shape index (κ3) is 6.04. The van der Waals surface area contributed by atoms with Crippen LogP contribution < -0.4 is 0 Å². The zero-order valence-corrected chi connectivity index (χ0v) is 12.1. The first kappa shape index (κ1) is 16.5. The zero-order chi connectivity index (χ0) is 15.0. The molecular weight excluding hydrogens is 282 g/mol. The van der Waals surface area contributed by atoms with Crippen LogP contribution in [0.4, 0.5) is 0 Å². The van der Waals surface area contributed by atoms with Gasteiger partial charge in [0.05, 0.1) is 0 Å². The molecule has 0 fully saturated rings. The number of hydrogen-bond donors (Lipinski definition) is 1. The molecule has 1 rings (SSSR count). The summed E-state index contributed by atoms with van der Waals surface area (Å²) in [6, 6.07) is 6.93. The van der Waals surface area contributed by atoms with Gasteiger partial charge in [0.1, 0.15) is 13.2 Å². The Kier molecular flexibility index (Phi) is 7.04. The van der Waals surface area contributed by atoms with Gasteiger partial charge in [0, 0.05) is 18.2 Å². The Morgan fingerprint density at radius 2 is 1.95 bits per heavy atom. The lowest BCUT2D eigenvalue weighted by atomic mass is 10.2. The summed E-state index contributed by atoms with van der Waals surface area (Å²) in [7, 11) is 0. The molecule has 0 aliphatic rings. The van der Waals surface area contributed by atoms with Crippen LogP contribution in [-0.4, -0.2) is 41.6 Å². The fraction of sp³-hybridized carbons (Fsp3) is 0.429. The average molecular weight is 300 g/mol. The Balaban J connectivity index is 2.65. The van der Waals surface area contributed by atoms with Crippen molar-refractivity contribution >= 4 is 23.5 Å². The molecule has 0 unspecified atom stereocenters. The number of benzene rings is 1. The second kappa shape index (κ2) is 8.55. The third-order valence-electron chi connectivity index (χ3n) is 2.54. The van der Waals surface area contributed by atoms with Gasteiger partial charge in [-0.15, -0.1) is 0 Å². The summed E-state index contributed by atoms with van der Waals surface area (Å²) in [6.07, 6.45) is 0.809. The van der Waals surface area contributed by atoms with Crippen LogP contribution in [0.1, 0.15) is 18.9 Å². The summed E-state index contributed by atoms with van der Waals surface area (Å²) in [5.74, 6) is -1.39. The van der Waals surface area contributed by atoms with Gasteiger partial charge in [0.25, 0.3) is 0 Å². The molecule has 0 heterocycles. The number of amides is 1. The Morgan fingerprint density at radius 1 is 1.30 bits per heavy atom. The second-order valence-electron chi connectivity index (χ2n) is 4.32. The predicted octanol–water partition coefficient (Wildman–Crippen LogP) is 2.18. The molecule has 1 N–H and O–H groups in total. The SMILES string of the molecule is CCCOCC(=O)N(CC(=O)O)Cc1ccc(Cl)cc1. The smallest absolute Gasteiger partial charge is 0.323 e. The van der Waals surface area contributed by atoms with Crippen molar-refractivity contribution in [1.29, 1.82) is 0 Å². The monoisotopic (exact) mass is 299 g/mol. The van der Waals surface area contributed by atoms with Crippen molar-refractivity contribution in [3.63, 3.8) is 0 Å². The zero-order valence-electron chi connectivity index (χ0n) is 11.3. The lowest BCUT2D eigenvalue weighted by molar-refractivity contribution is -0.147. The van der Waals surface area contributed by atoms with Gasteiger partial charge in [-0.3, -0.25) is 9.59 Å². The summed E-state index contributed by atoms with van der Waals surface area (Å²) in [5.41, 5.74) is 0.819. The molecule has 20 heavy (non-hydrogen) atoms. The molecule has 0 spiro atoms. The van der Waals surface area contributed by atoms with Crippen LogP contribution in [0.15, 0.2) is 24.3 Å². The molecule has 0 aliphatic heterocycles. The lowest BCUT2D eigenvalue weighted by Crippen LogP contribution is -2.37. The Hall–Kier alpha value is -1.59. The van der Waals surface area contributed by atoms with E-state index >= 15 is 0 Å². The van der Waals surface area contributed by atoms with E-state index in [4.69, 9.17) is 21.4 Å². The molecule has 0 bridgehead atoms. The van der Waals surface area contributed by atoms with Crippen molar-refractivity contribution in [3.05, 3.63) is 34.9 Å². The first-order valence-electron chi connectivity index (χ1n) is 6.34. The predicted molar refractivity (Wildman–Crippen MR) is 75.6 cm³/mol. The van der Waals surface area contributed by atoms with Crippen molar-refractivity contribution in [2.75, 3.05) is 19.8 Å². The molecule has 0 aromatic heterocycles. The molecule has 6 heteroatoms. The van der Waals surface area contributed by atoms with Crippen molar-refractivity contribution in [1.82, 2.24) is 4.90 Å². The molecule has 0 saturated heterocycles. The molecule has 1 aromatic rings. The molecule has 0 saturated carbocycles. The highest BCUT2D eigenvalue weighted by molar-refractivity contribution is 6.30. The van der Waals surface area contributed by atoms with Gasteiger partial charge in [-0.05, 0) is 24.1 Å². The van der Waals surface area contributed by atoms with E-state index in [0.29, 0.717) is 11.6 Å². The maximum atomic E-state index is 11.9. The number of carbonyl (C=O) groups excluding carboxylic acids is 1. The summed E-state index contributed by atoms with van der Waals surface area (Å²) in [6.45, 7) is 2.18. The number of halogens is 1. The highest BCUT2D eigenvalue weighted by Gasteiger charge is 2.17. The number of rotatable bonds is 8. The van der Waals surface area contributed by atoms with Gasteiger partial charge in [0.2, 0.25) is 5.91 Å². The normalized spacial score (nSPS) is 10.3. The Labute approximate surface area is 123 Å². The first-order chi connectivity index (χ1) is 9.52. The average Bonchev–Trinajstić information content (AvgIpc) is 2.40. The van der Waals surface area contributed by atoms with Crippen molar-refractivity contribution in [2.45, 2.75) is 19.9 Å². The fourth-order valence-electron chi connectivity index (χ4n) is 1.60. The fourth-order valence-corrected chi connectivity index (χ4v) is 1.73. The molecular formula is C14H18ClNO4. The van der Waals surface area contributed by atoms with E-state index in [2.05, 4.69) is 0 Å². The quantitative estimate of drug-likeness (QED) is 0.747. The minimum absolute atomic E-state index is 0.102. The highest BCUT2D eigenvalue weighted by Crippen LogP contribution is 2.11. The van der Waals surface area contributed by atoms with Gasteiger partial charge >= 0.3 is 5.97 Å². The number of hydrogen-bond acceptors (Lipinski definition) is 3. The molecule has 110 valence electrons. The van der Waals surface area contributed by atoms with Crippen LogP contribution in [-0.2, 0) is 20.9 Å². The summed E-state index contributed by atoms with van der Waals surface area (Å²) in [4.78, 5) is 24.0. The van der Waals surface area contributed by atoms with Crippen LogP contribution in [0.2, 0.25) is 5.02 Å². The molecule has 0 radical (unpaired) electrons. The number of ether oxygens (including phenoxy) is 1. The summed E-state index contributed by atoms with van der Waals surface area (Å²) >= 11 is 5.78. The van der Waals surface area contributed by atoms with Crippen molar-refractivity contribution in [3.8, 4) is 0 Å². The lowest BCUT2D eigenvalue weighted by Gasteiger charge is -2.20. The summed E-state index contributed by atoms with van der Waals surface area (Å²) < 4.78 is 5.16. The van der Waals surface area contributed by atoms with Crippen LogP contribution >= 0.6 is 11.6 Å². The van der Waals surface area contributed by atoms with E-state index in [1.807, 2.05) is 6.92 Å². The number of aliphatic carboxylic acids is 1. The van der Waals surface area contributed by atoms with Crippen LogP contribution in [0, 0.1) is 0 Å². The number of carboxylic acids is 1. The van der Waals surface area contributed by atoms with Crippen molar-refractivity contribution in [2.24, 2.45) is 0 Å². The maximum absolute atomic E-state index is 11.9. The van der Waals surface area contributed by atoms with E-state index in [-0.39, 0.29) is 25.6 Å². The molecule has 1 amide bonds. The molecule has 0 atom stereocenters. The minimum atomic E-state index is -1.05. The summed E-state index contributed by atoms with van der Waals surface area (Å²) in [5, 5.41) is 9.46. The maximum Gasteiger partial charge on any atom is 0.323 e. The van der Waals surface area contributed by atoms with Crippen LogP contribution in [0.25, 0.3) is 0 Å². The first-order valence-corrected chi connectivity index (χ1v) is 6.72. The van der Waals surface area contributed by atoms with Crippen LogP contribution in [0.3, 0.4) is 0 Å². The number of nitrogens with zero attached hydrogens (tertiary/aromatic N) is 1. The Morgan fingerprint density at radius 3 is 2.50 bits per heavy atom.